The van der Waals surface area contributed by atoms with E-state index in [1.807, 2.05) is 0 Å². The van der Waals surface area contributed by atoms with E-state index in [9.17, 15) is 22.8 Å². The number of hydrogen-bond donors (Lipinski definition) is 1. The van der Waals surface area contributed by atoms with E-state index in [1.165, 1.54) is 19.2 Å². The van der Waals surface area contributed by atoms with Gasteiger partial charge in [-0.1, -0.05) is 18.9 Å². The number of rotatable bonds is 4. The van der Waals surface area contributed by atoms with Crippen LogP contribution in [0.15, 0.2) is 24.3 Å². The van der Waals surface area contributed by atoms with Crippen LogP contribution in [0.2, 0.25) is 0 Å². The summed E-state index contributed by atoms with van der Waals surface area (Å²) in [5.41, 5.74) is -0.845. The van der Waals surface area contributed by atoms with Gasteiger partial charge >= 0.3 is 12.1 Å². The van der Waals surface area contributed by atoms with Crippen molar-refractivity contribution in [3.05, 3.63) is 29.8 Å². The minimum Gasteiger partial charge on any atom is -0.468 e. The fourth-order valence-corrected chi connectivity index (χ4v) is 2.92. The molecule has 0 heterocycles. The maximum atomic E-state index is 12.7. The van der Waals surface area contributed by atoms with E-state index in [4.69, 9.17) is 0 Å². The SMILES string of the molecule is COC(=O)[C@H](C(=O)Nc1cccc(C(F)(F)F)c1)C1CCCC1. The van der Waals surface area contributed by atoms with Crippen molar-refractivity contribution in [1.82, 2.24) is 0 Å². The Morgan fingerprint density at radius 1 is 1.26 bits per heavy atom. The van der Waals surface area contributed by atoms with Crippen molar-refractivity contribution in [1.29, 1.82) is 0 Å². The third-order valence-electron chi connectivity index (χ3n) is 4.07. The van der Waals surface area contributed by atoms with E-state index in [2.05, 4.69) is 10.1 Å². The standard InChI is InChI=1S/C16H18F3NO3/c1-23-15(22)13(10-5-2-3-6-10)14(21)20-12-8-4-7-11(9-12)16(17,18)19/h4,7-10,13H,2-3,5-6H2,1H3,(H,20,21)/t13-/m0/s1. The van der Waals surface area contributed by atoms with Crippen LogP contribution in [0, 0.1) is 11.8 Å². The maximum Gasteiger partial charge on any atom is 0.416 e. The molecule has 0 aliphatic heterocycles. The smallest absolute Gasteiger partial charge is 0.416 e. The highest BCUT2D eigenvalue weighted by atomic mass is 19.4. The van der Waals surface area contributed by atoms with Gasteiger partial charge in [0.25, 0.3) is 0 Å². The molecule has 1 fully saturated rings. The van der Waals surface area contributed by atoms with Crippen LogP contribution in [-0.2, 0) is 20.5 Å². The number of benzene rings is 1. The molecule has 0 radical (unpaired) electrons. The van der Waals surface area contributed by atoms with Gasteiger partial charge in [0, 0.05) is 5.69 Å². The second kappa shape index (κ2) is 7.02. The molecule has 4 nitrogen and oxygen atoms in total. The first-order valence-electron chi connectivity index (χ1n) is 7.39. The van der Waals surface area contributed by atoms with E-state index >= 15 is 0 Å². The van der Waals surface area contributed by atoms with Crippen LogP contribution in [0.3, 0.4) is 0 Å². The summed E-state index contributed by atoms with van der Waals surface area (Å²) in [7, 11) is 1.20. The quantitative estimate of drug-likeness (QED) is 0.678. The van der Waals surface area contributed by atoms with Crippen LogP contribution in [0.25, 0.3) is 0 Å². The Morgan fingerprint density at radius 3 is 2.48 bits per heavy atom. The summed E-state index contributed by atoms with van der Waals surface area (Å²) in [4.78, 5) is 24.3. The Hall–Kier alpha value is -2.05. The monoisotopic (exact) mass is 329 g/mol. The average molecular weight is 329 g/mol. The van der Waals surface area contributed by atoms with E-state index in [-0.39, 0.29) is 11.6 Å². The lowest BCUT2D eigenvalue weighted by atomic mass is 9.90. The number of methoxy groups -OCH3 is 1. The van der Waals surface area contributed by atoms with Gasteiger partial charge in [-0.25, -0.2) is 0 Å². The predicted octanol–water partition coefficient (Wildman–Crippen LogP) is 3.62. The normalized spacial score (nSPS) is 16.9. The highest BCUT2D eigenvalue weighted by Gasteiger charge is 2.37. The lowest BCUT2D eigenvalue weighted by molar-refractivity contribution is -0.151. The van der Waals surface area contributed by atoms with Crippen LogP contribution in [0.5, 0.6) is 0 Å². The highest BCUT2D eigenvalue weighted by molar-refractivity contribution is 6.05. The molecule has 23 heavy (non-hydrogen) atoms. The zero-order valence-electron chi connectivity index (χ0n) is 12.7. The van der Waals surface area contributed by atoms with Gasteiger partial charge in [0.05, 0.1) is 12.7 Å². The fraction of sp³-hybridized carbons (Fsp3) is 0.500. The molecule has 1 aromatic carbocycles. The van der Waals surface area contributed by atoms with E-state index in [1.54, 1.807) is 0 Å². The van der Waals surface area contributed by atoms with Crippen LogP contribution < -0.4 is 5.32 Å². The predicted molar refractivity (Wildman–Crippen MR) is 77.5 cm³/mol. The zero-order chi connectivity index (χ0) is 17.0. The largest absolute Gasteiger partial charge is 0.468 e. The van der Waals surface area contributed by atoms with Gasteiger partial charge in [-0.05, 0) is 37.0 Å². The number of anilines is 1. The second-order valence-electron chi connectivity index (χ2n) is 5.61. The van der Waals surface area contributed by atoms with Gasteiger partial charge < -0.3 is 10.1 Å². The van der Waals surface area contributed by atoms with Crippen molar-refractivity contribution in [3.63, 3.8) is 0 Å². The number of carbonyl (C=O) groups is 2. The molecule has 126 valence electrons. The minimum absolute atomic E-state index is 0.0109. The molecule has 0 bridgehead atoms. The van der Waals surface area contributed by atoms with E-state index in [0.717, 1.165) is 37.8 Å². The summed E-state index contributed by atoms with van der Waals surface area (Å²) in [5, 5.41) is 2.41. The second-order valence-corrected chi connectivity index (χ2v) is 5.61. The molecular weight excluding hydrogens is 311 g/mol. The van der Waals surface area contributed by atoms with Gasteiger partial charge in [-0.3, -0.25) is 9.59 Å². The number of halogens is 3. The molecule has 1 N–H and O–H groups in total. The average Bonchev–Trinajstić information content (AvgIpc) is 3.00. The van der Waals surface area contributed by atoms with Crippen molar-refractivity contribution < 1.29 is 27.5 Å². The summed E-state index contributed by atoms with van der Waals surface area (Å²) >= 11 is 0. The molecule has 1 aromatic rings. The lowest BCUT2D eigenvalue weighted by Gasteiger charge is -2.20. The Bertz CT molecular complexity index is 580. The number of hydrogen-bond acceptors (Lipinski definition) is 3. The van der Waals surface area contributed by atoms with Crippen molar-refractivity contribution in [2.45, 2.75) is 31.9 Å². The van der Waals surface area contributed by atoms with Crippen molar-refractivity contribution in [2.75, 3.05) is 12.4 Å². The van der Waals surface area contributed by atoms with E-state index in [0.29, 0.717) is 0 Å². The number of esters is 1. The fourth-order valence-electron chi connectivity index (χ4n) is 2.92. The third kappa shape index (κ3) is 4.24. The maximum absolute atomic E-state index is 12.7. The Kier molecular flexibility index (Phi) is 5.28. The van der Waals surface area contributed by atoms with Crippen LogP contribution in [0.1, 0.15) is 31.2 Å². The summed E-state index contributed by atoms with van der Waals surface area (Å²) in [5.74, 6) is -2.39. The Balaban J connectivity index is 2.16. The van der Waals surface area contributed by atoms with Crippen LogP contribution in [0.4, 0.5) is 18.9 Å². The zero-order valence-corrected chi connectivity index (χ0v) is 12.7. The molecule has 1 atom stereocenters. The first-order valence-corrected chi connectivity index (χ1v) is 7.39. The molecule has 7 heteroatoms. The first kappa shape index (κ1) is 17.3. The van der Waals surface area contributed by atoms with Crippen molar-refractivity contribution in [3.8, 4) is 0 Å². The van der Waals surface area contributed by atoms with Gasteiger partial charge in [0.1, 0.15) is 5.92 Å². The molecule has 1 aliphatic rings. The Labute approximate surface area is 132 Å². The summed E-state index contributed by atoms with van der Waals surface area (Å²) < 4.78 is 42.8. The summed E-state index contributed by atoms with van der Waals surface area (Å²) in [6.07, 6.45) is -1.18. The number of amides is 1. The molecule has 1 aliphatic carbocycles. The van der Waals surface area contributed by atoms with Crippen molar-refractivity contribution in [2.24, 2.45) is 11.8 Å². The summed E-state index contributed by atoms with van der Waals surface area (Å²) in [6, 6.07) is 4.34. The molecule has 0 aromatic heterocycles. The number of ether oxygens (including phenoxy) is 1. The first-order chi connectivity index (χ1) is 10.8. The van der Waals surface area contributed by atoms with Crippen molar-refractivity contribution >= 4 is 17.6 Å². The van der Waals surface area contributed by atoms with Gasteiger partial charge in [-0.15, -0.1) is 0 Å². The molecule has 0 spiro atoms. The molecule has 1 amide bonds. The number of nitrogens with one attached hydrogen (secondary N) is 1. The topological polar surface area (TPSA) is 55.4 Å². The Morgan fingerprint density at radius 2 is 1.91 bits per heavy atom. The number of carbonyl (C=O) groups excluding carboxylic acids is 2. The third-order valence-corrected chi connectivity index (χ3v) is 4.07. The molecule has 1 saturated carbocycles. The van der Waals surface area contributed by atoms with Gasteiger partial charge in [-0.2, -0.15) is 13.2 Å². The number of alkyl halides is 3. The van der Waals surface area contributed by atoms with Crippen LogP contribution in [-0.4, -0.2) is 19.0 Å². The van der Waals surface area contributed by atoms with E-state index < -0.39 is 29.5 Å². The lowest BCUT2D eigenvalue weighted by Crippen LogP contribution is -2.35. The van der Waals surface area contributed by atoms with Crippen LogP contribution >= 0.6 is 0 Å². The van der Waals surface area contributed by atoms with Gasteiger partial charge in [0.15, 0.2) is 0 Å². The molecule has 2 rings (SSSR count). The minimum atomic E-state index is -4.49. The molecule has 0 unspecified atom stereocenters. The summed E-state index contributed by atoms with van der Waals surface area (Å²) in [6.45, 7) is 0. The molecule has 0 saturated heterocycles. The molecular formula is C16H18F3NO3. The highest BCUT2D eigenvalue weighted by Crippen LogP contribution is 2.34. The van der Waals surface area contributed by atoms with Gasteiger partial charge in [0.2, 0.25) is 5.91 Å².